The minimum absolute atomic E-state index is 0.141. The van der Waals surface area contributed by atoms with Crippen molar-refractivity contribution >= 4 is 0 Å². The van der Waals surface area contributed by atoms with Gasteiger partial charge in [-0.3, -0.25) is 0 Å². The molecule has 14 heavy (non-hydrogen) atoms. The highest BCUT2D eigenvalue weighted by Gasteiger charge is 2.11. The summed E-state index contributed by atoms with van der Waals surface area (Å²) in [4.78, 5) is 0. The maximum Gasteiger partial charge on any atom is 0.126 e. The van der Waals surface area contributed by atoms with Crippen molar-refractivity contribution in [2.45, 2.75) is 25.8 Å². The molecule has 1 atom stereocenters. The lowest BCUT2D eigenvalue weighted by atomic mass is 9.97. The van der Waals surface area contributed by atoms with Gasteiger partial charge >= 0.3 is 0 Å². The molecule has 1 nitrogen and oxygen atoms in total. The first-order valence-corrected chi connectivity index (χ1v) is 4.84. The second-order valence-corrected chi connectivity index (χ2v) is 3.29. The summed E-state index contributed by atoms with van der Waals surface area (Å²) in [5, 5.41) is 0. The van der Waals surface area contributed by atoms with Gasteiger partial charge in [0.25, 0.3) is 0 Å². The van der Waals surface area contributed by atoms with E-state index in [2.05, 4.69) is 6.58 Å². The number of rotatable bonds is 4. The molecule has 0 fully saturated rings. The standard InChI is InChI=1S/C12H16FN/c1-3-6-12(14)10-7-5-8-11(13)9(10)4-2/h3,5,7-8,12H,1,4,6,14H2,2H3. The van der Waals surface area contributed by atoms with Gasteiger partial charge in [0, 0.05) is 6.04 Å². The summed E-state index contributed by atoms with van der Waals surface area (Å²) >= 11 is 0. The van der Waals surface area contributed by atoms with Gasteiger partial charge in [0.2, 0.25) is 0 Å². The van der Waals surface area contributed by atoms with Gasteiger partial charge in [-0.25, -0.2) is 4.39 Å². The first-order chi connectivity index (χ1) is 6.70. The molecule has 0 spiro atoms. The van der Waals surface area contributed by atoms with Crippen molar-refractivity contribution in [3.05, 3.63) is 47.8 Å². The summed E-state index contributed by atoms with van der Waals surface area (Å²) in [6.07, 6.45) is 3.11. The lowest BCUT2D eigenvalue weighted by Gasteiger charge is -2.14. The number of nitrogens with two attached hydrogens (primary N) is 1. The van der Waals surface area contributed by atoms with Crippen LogP contribution in [0.3, 0.4) is 0 Å². The first-order valence-electron chi connectivity index (χ1n) is 4.84. The van der Waals surface area contributed by atoms with Crippen LogP contribution in [-0.4, -0.2) is 0 Å². The Hall–Kier alpha value is -1.15. The number of benzene rings is 1. The van der Waals surface area contributed by atoms with E-state index >= 15 is 0 Å². The Kier molecular flexibility index (Phi) is 3.84. The molecule has 1 aromatic carbocycles. The van der Waals surface area contributed by atoms with Crippen LogP contribution in [0.4, 0.5) is 4.39 Å². The average molecular weight is 193 g/mol. The zero-order valence-electron chi connectivity index (χ0n) is 8.46. The van der Waals surface area contributed by atoms with Crippen molar-refractivity contribution in [3.8, 4) is 0 Å². The quantitative estimate of drug-likeness (QED) is 0.731. The third kappa shape index (κ3) is 2.20. The van der Waals surface area contributed by atoms with E-state index < -0.39 is 0 Å². The predicted molar refractivity (Wildman–Crippen MR) is 57.5 cm³/mol. The molecule has 0 radical (unpaired) electrons. The molecule has 1 rings (SSSR count). The summed E-state index contributed by atoms with van der Waals surface area (Å²) in [7, 11) is 0. The van der Waals surface area contributed by atoms with Crippen molar-refractivity contribution in [2.75, 3.05) is 0 Å². The molecule has 0 saturated carbocycles. The molecule has 2 N–H and O–H groups in total. The van der Waals surface area contributed by atoms with E-state index in [1.165, 1.54) is 6.07 Å². The summed E-state index contributed by atoms with van der Waals surface area (Å²) in [6, 6.07) is 4.92. The normalized spacial score (nSPS) is 12.5. The van der Waals surface area contributed by atoms with Crippen LogP contribution in [0.5, 0.6) is 0 Å². The Balaban J connectivity index is 3.06. The van der Waals surface area contributed by atoms with Crippen LogP contribution in [-0.2, 0) is 6.42 Å². The van der Waals surface area contributed by atoms with E-state index in [0.717, 1.165) is 11.1 Å². The summed E-state index contributed by atoms with van der Waals surface area (Å²) in [5.74, 6) is -0.162. The predicted octanol–water partition coefficient (Wildman–Crippen LogP) is 2.96. The van der Waals surface area contributed by atoms with Gasteiger partial charge in [0.1, 0.15) is 5.82 Å². The number of hydrogen-bond acceptors (Lipinski definition) is 1. The Labute approximate surface area is 84.4 Å². The Morgan fingerprint density at radius 1 is 1.57 bits per heavy atom. The van der Waals surface area contributed by atoms with Gasteiger partial charge in [-0.1, -0.05) is 25.1 Å². The highest BCUT2D eigenvalue weighted by molar-refractivity contribution is 5.31. The summed E-state index contributed by atoms with van der Waals surface area (Å²) in [6.45, 7) is 5.56. The van der Waals surface area contributed by atoms with Crippen LogP contribution >= 0.6 is 0 Å². The van der Waals surface area contributed by atoms with Crippen molar-refractivity contribution in [1.29, 1.82) is 0 Å². The van der Waals surface area contributed by atoms with Crippen LogP contribution in [0, 0.1) is 5.82 Å². The molecule has 0 aliphatic heterocycles. The van der Waals surface area contributed by atoms with E-state index in [-0.39, 0.29) is 11.9 Å². The van der Waals surface area contributed by atoms with E-state index in [1.54, 1.807) is 12.1 Å². The molecule has 2 heteroatoms. The van der Waals surface area contributed by atoms with Crippen molar-refractivity contribution in [1.82, 2.24) is 0 Å². The second kappa shape index (κ2) is 4.91. The van der Waals surface area contributed by atoms with Gasteiger partial charge in [0.05, 0.1) is 0 Å². The van der Waals surface area contributed by atoms with Crippen molar-refractivity contribution < 1.29 is 4.39 Å². The highest BCUT2D eigenvalue weighted by Crippen LogP contribution is 2.22. The fourth-order valence-electron chi connectivity index (χ4n) is 1.60. The van der Waals surface area contributed by atoms with Gasteiger partial charge < -0.3 is 5.73 Å². The Morgan fingerprint density at radius 2 is 2.29 bits per heavy atom. The fraction of sp³-hybridized carbons (Fsp3) is 0.333. The maximum atomic E-state index is 13.4. The topological polar surface area (TPSA) is 26.0 Å². The molecule has 76 valence electrons. The molecular formula is C12H16FN. The van der Waals surface area contributed by atoms with Gasteiger partial charge in [-0.15, -0.1) is 6.58 Å². The van der Waals surface area contributed by atoms with Gasteiger partial charge in [-0.2, -0.15) is 0 Å². The lowest BCUT2D eigenvalue weighted by Crippen LogP contribution is -2.12. The number of hydrogen-bond donors (Lipinski definition) is 1. The largest absolute Gasteiger partial charge is 0.324 e. The minimum atomic E-state index is -0.162. The molecule has 1 unspecified atom stereocenters. The van der Waals surface area contributed by atoms with E-state index in [0.29, 0.717) is 12.8 Å². The van der Waals surface area contributed by atoms with Crippen LogP contribution < -0.4 is 5.73 Å². The van der Waals surface area contributed by atoms with E-state index in [4.69, 9.17) is 5.73 Å². The Bertz CT molecular complexity index is 320. The molecular weight excluding hydrogens is 177 g/mol. The van der Waals surface area contributed by atoms with Crippen molar-refractivity contribution in [2.24, 2.45) is 5.73 Å². The Morgan fingerprint density at radius 3 is 2.86 bits per heavy atom. The van der Waals surface area contributed by atoms with E-state index in [9.17, 15) is 4.39 Å². The fourth-order valence-corrected chi connectivity index (χ4v) is 1.60. The first kappa shape index (κ1) is 10.9. The zero-order valence-corrected chi connectivity index (χ0v) is 8.46. The van der Waals surface area contributed by atoms with Gasteiger partial charge in [0.15, 0.2) is 0 Å². The molecule has 1 aromatic rings. The van der Waals surface area contributed by atoms with Crippen LogP contribution in [0.1, 0.15) is 30.5 Å². The lowest BCUT2D eigenvalue weighted by molar-refractivity contribution is 0.600. The number of halogens is 1. The summed E-state index contributed by atoms with van der Waals surface area (Å²) in [5.41, 5.74) is 7.53. The minimum Gasteiger partial charge on any atom is -0.324 e. The molecule has 0 heterocycles. The second-order valence-electron chi connectivity index (χ2n) is 3.29. The smallest absolute Gasteiger partial charge is 0.126 e. The molecule has 0 aliphatic carbocycles. The van der Waals surface area contributed by atoms with Crippen LogP contribution in [0.25, 0.3) is 0 Å². The summed E-state index contributed by atoms with van der Waals surface area (Å²) < 4.78 is 13.4. The van der Waals surface area contributed by atoms with Gasteiger partial charge in [-0.05, 0) is 30.0 Å². The SMILES string of the molecule is C=CCC(N)c1cccc(F)c1CC. The highest BCUT2D eigenvalue weighted by atomic mass is 19.1. The molecule has 0 amide bonds. The van der Waals surface area contributed by atoms with Crippen LogP contribution in [0.15, 0.2) is 30.9 Å². The average Bonchev–Trinajstić information content (AvgIpc) is 2.17. The molecule has 0 saturated heterocycles. The van der Waals surface area contributed by atoms with Crippen molar-refractivity contribution in [3.63, 3.8) is 0 Å². The third-order valence-electron chi connectivity index (χ3n) is 2.33. The maximum absolute atomic E-state index is 13.4. The zero-order chi connectivity index (χ0) is 10.6. The molecule has 0 bridgehead atoms. The molecule has 0 aromatic heterocycles. The monoisotopic (exact) mass is 193 g/mol. The third-order valence-corrected chi connectivity index (χ3v) is 2.33. The van der Waals surface area contributed by atoms with Crippen LogP contribution in [0.2, 0.25) is 0 Å². The van der Waals surface area contributed by atoms with E-state index in [1.807, 2.05) is 13.0 Å². The molecule has 0 aliphatic rings.